The molecule has 3 rings (SSSR count). The highest BCUT2D eigenvalue weighted by Crippen LogP contribution is 2.40. The molecule has 3 heterocycles. The van der Waals surface area contributed by atoms with E-state index in [9.17, 15) is 9.59 Å². The van der Waals surface area contributed by atoms with Crippen LogP contribution in [0.2, 0.25) is 0 Å². The van der Waals surface area contributed by atoms with Gasteiger partial charge in [0.1, 0.15) is 6.23 Å². The van der Waals surface area contributed by atoms with Crippen LogP contribution in [0.3, 0.4) is 0 Å². The van der Waals surface area contributed by atoms with Crippen LogP contribution in [0.25, 0.3) is 0 Å². The van der Waals surface area contributed by atoms with Gasteiger partial charge in [-0.05, 0) is 53.0 Å². The molecule has 8 nitrogen and oxygen atoms in total. The van der Waals surface area contributed by atoms with Gasteiger partial charge in [-0.15, -0.1) is 0 Å². The molecular formula is C21H29N3O5. The van der Waals surface area contributed by atoms with Gasteiger partial charge < -0.3 is 19.5 Å². The van der Waals surface area contributed by atoms with Crippen molar-refractivity contribution in [2.45, 2.75) is 59.1 Å². The molecule has 1 saturated heterocycles. The van der Waals surface area contributed by atoms with Gasteiger partial charge in [-0.1, -0.05) is 0 Å². The Morgan fingerprint density at radius 1 is 1.14 bits per heavy atom. The molecule has 0 spiro atoms. The van der Waals surface area contributed by atoms with E-state index in [1.165, 1.54) is 0 Å². The first-order valence-corrected chi connectivity index (χ1v) is 10.2. The molecule has 29 heavy (non-hydrogen) atoms. The normalized spacial score (nSPS) is 20.5. The first-order valence-electron chi connectivity index (χ1n) is 10.2. The summed E-state index contributed by atoms with van der Waals surface area (Å²) >= 11 is 0. The molecule has 1 unspecified atom stereocenters. The van der Waals surface area contributed by atoms with Gasteiger partial charge in [-0.2, -0.15) is 5.10 Å². The van der Waals surface area contributed by atoms with Crippen LogP contribution in [-0.2, 0) is 23.8 Å². The Morgan fingerprint density at radius 3 is 2.28 bits per heavy atom. The summed E-state index contributed by atoms with van der Waals surface area (Å²) in [5.41, 5.74) is 2.78. The lowest BCUT2D eigenvalue weighted by atomic mass is 9.83. The van der Waals surface area contributed by atoms with E-state index in [-0.39, 0.29) is 19.4 Å². The molecule has 0 bridgehead atoms. The molecular weight excluding hydrogens is 374 g/mol. The highest BCUT2D eigenvalue weighted by atomic mass is 16.5. The minimum Gasteiger partial charge on any atom is -0.463 e. The second-order valence-electron chi connectivity index (χ2n) is 7.10. The van der Waals surface area contributed by atoms with E-state index in [1.807, 2.05) is 19.9 Å². The SMILES string of the molecule is CCOC(=O)C1=C(C)NC(C)=C(C(=O)OCC)C1c1ccnn1C1CCCCO1. The molecule has 1 aromatic rings. The van der Waals surface area contributed by atoms with Crippen LogP contribution in [-0.4, -0.2) is 41.5 Å². The smallest absolute Gasteiger partial charge is 0.336 e. The maximum Gasteiger partial charge on any atom is 0.336 e. The molecule has 2 aliphatic rings. The molecule has 0 radical (unpaired) electrons. The monoisotopic (exact) mass is 403 g/mol. The Balaban J connectivity index is 2.12. The lowest BCUT2D eigenvalue weighted by Gasteiger charge is -2.32. The molecule has 158 valence electrons. The first kappa shape index (κ1) is 21.1. The van der Waals surface area contributed by atoms with E-state index in [2.05, 4.69) is 10.4 Å². The minimum atomic E-state index is -0.651. The Hall–Kier alpha value is -2.61. The van der Waals surface area contributed by atoms with Gasteiger partial charge in [0, 0.05) is 24.2 Å². The summed E-state index contributed by atoms with van der Waals surface area (Å²) in [6.45, 7) is 8.27. The highest BCUT2D eigenvalue weighted by molar-refractivity contribution is 5.99. The van der Waals surface area contributed by atoms with E-state index in [0.717, 1.165) is 19.3 Å². The fraction of sp³-hybridized carbons (Fsp3) is 0.571. The topological polar surface area (TPSA) is 91.7 Å². The third-order valence-electron chi connectivity index (χ3n) is 5.18. The second kappa shape index (κ2) is 9.26. The first-order chi connectivity index (χ1) is 14.0. The molecule has 8 heteroatoms. The summed E-state index contributed by atoms with van der Waals surface area (Å²) in [7, 11) is 0. The predicted octanol–water partition coefficient (Wildman–Crippen LogP) is 2.94. The summed E-state index contributed by atoms with van der Waals surface area (Å²) < 4.78 is 18.3. The molecule has 0 aliphatic carbocycles. The number of hydrogen-bond acceptors (Lipinski definition) is 7. The maximum absolute atomic E-state index is 12.9. The molecule has 0 saturated carbocycles. The quantitative estimate of drug-likeness (QED) is 0.730. The van der Waals surface area contributed by atoms with Crippen LogP contribution in [0.15, 0.2) is 34.8 Å². The number of ether oxygens (including phenoxy) is 3. The van der Waals surface area contributed by atoms with Crippen LogP contribution in [0, 0.1) is 0 Å². The van der Waals surface area contributed by atoms with E-state index in [4.69, 9.17) is 14.2 Å². The highest BCUT2D eigenvalue weighted by Gasteiger charge is 2.40. The zero-order chi connectivity index (χ0) is 21.0. The van der Waals surface area contributed by atoms with Gasteiger partial charge in [0.05, 0.1) is 36.0 Å². The lowest BCUT2D eigenvalue weighted by Crippen LogP contribution is -2.34. The van der Waals surface area contributed by atoms with Crippen molar-refractivity contribution >= 4 is 11.9 Å². The van der Waals surface area contributed by atoms with Crippen molar-refractivity contribution < 1.29 is 23.8 Å². The number of dihydropyridines is 1. The molecule has 1 fully saturated rings. The molecule has 1 aromatic heterocycles. The Morgan fingerprint density at radius 2 is 1.76 bits per heavy atom. The zero-order valence-electron chi connectivity index (χ0n) is 17.5. The number of rotatable bonds is 6. The molecule has 2 aliphatic heterocycles. The number of allylic oxidation sites excluding steroid dienone is 2. The predicted molar refractivity (Wildman–Crippen MR) is 106 cm³/mol. The fourth-order valence-corrected chi connectivity index (χ4v) is 3.96. The number of esters is 2. The van der Waals surface area contributed by atoms with Gasteiger partial charge in [-0.25, -0.2) is 14.3 Å². The number of nitrogens with zero attached hydrogens (tertiary/aromatic N) is 2. The van der Waals surface area contributed by atoms with Crippen LogP contribution in [0.1, 0.15) is 64.8 Å². The van der Waals surface area contributed by atoms with Gasteiger partial charge >= 0.3 is 11.9 Å². The summed E-state index contributed by atoms with van der Waals surface area (Å²) in [5, 5.41) is 7.61. The van der Waals surface area contributed by atoms with Gasteiger partial charge in [-0.3, -0.25) is 0 Å². The Kier molecular flexibility index (Phi) is 6.74. The Labute approximate surface area is 170 Å². The van der Waals surface area contributed by atoms with Crippen molar-refractivity contribution in [3.05, 3.63) is 40.5 Å². The number of hydrogen-bond donors (Lipinski definition) is 1. The molecule has 0 amide bonds. The van der Waals surface area contributed by atoms with Crippen molar-refractivity contribution in [3.8, 4) is 0 Å². The maximum atomic E-state index is 12.9. The number of nitrogens with one attached hydrogen (secondary N) is 1. The number of carbonyl (C=O) groups is 2. The van der Waals surface area contributed by atoms with Gasteiger partial charge in [0.15, 0.2) is 0 Å². The average Bonchev–Trinajstić information content (AvgIpc) is 3.17. The molecule has 0 aromatic carbocycles. The third-order valence-corrected chi connectivity index (χ3v) is 5.18. The summed E-state index contributed by atoms with van der Waals surface area (Å²) in [4.78, 5) is 25.8. The van der Waals surface area contributed by atoms with E-state index in [1.54, 1.807) is 24.7 Å². The van der Waals surface area contributed by atoms with Crippen molar-refractivity contribution in [2.24, 2.45) is 0 Å². The van der Waals surface area contributed by atoms with Crippen LogP contribution in [0.4, 0.5) is 0 Å². The van der Waals surface area contributed by atoms with Crippen molar-refractivity contribution in [1.82, 2.24) is 15.1 Å². The lowest BCUT2D eigenvalue weighted by molar-refractivity contribution is -0.139. The zero-order valence-corrected chi connectivity index (χ0v) is 17.5. The van der Waals surface area contributed by atoms with E-state index in [0.29, 0.717) is 34.8 Å². The van der Waals surface area contributed by atoms with E-state index < -0.39 is 17.9 Å². The summed E-state index contributed by atoms with van der Waals surface area (Å²) in [6.07, 6.45) is 4.33. The van der Waals surface area contributed by atoms with Crippen molar-refractivity contribution in [2.75, 3.05) is 19.8 Å². The Bertz CT molecular complexity index is 793. The van der Waals surface area contributed by atoms with Gasteiger partial charge in [0.2, 0.25) is 0 Å². The van der Waals surface area contributed by atoms with Gasteiger partial charge in [0.25, 0.3) is 0 Å². The number of aromatic nitrogens is 2. The fourth-order valence-electron chi connectivity index (χ4n) is 3.96. The van der Waals surface area contributed by atoms with Crippen LogP contribution < -0.4 is 5.32 Å². The molecule has 1 atom stereocenters. The standard InChI is InChI=1S/C21H29N3O5/c1-5-27-20(25)17-13(3)23-14(4)18(21(26)28-6-2)19(17)15-10-11-22-24(15)16-9-7-8-12-29-16/h10-11,16,19,23H,5-9,12H2,1-4H3. The second-order valence-corrected chi connectivity index (χ2v) is 7.10. The summed E-state index contributed by atoms with van der Waals surface area (Å²) in [6, 6.07) is 1.83. The van der Waals surface area contributed by atoms with Crippen LogP contribution >= 0.6 is 0 Å². The molecule has 1 N–H and O–H groups in total. The number of carbonyl (C=O) groups excluding carboxylic acids is 2. The van der Waals surface area contributed by atoms with E-state index >= 15 is 0 Å². The summed E-state index contributed by atoms with van der Waals surface area (Å²) in [5.74, 6) is -1.58. The van der Waals surface area contributed by atoms with Crippen molar-refractivity contribution in [1.29, 1.82) is 0 Å². The van der Waals surface area contributed by atoms with Crippen molar-refractivity contribution in [3.63, 3.8) is 0 Å². The minimum absolute atomic E-state index is 0.226. The van der Waals surface area contributed by atoms with Crippen LogP contribution in [0.5, 0.6) is 0 Å². The average molecular weight is 403 g/mol. The third kappa shape index (κ3) is 4.22. The largest absolute Gasteiger partial charge is 0.463 e.